The Bertz CT molecular complexity index is 939. The Morgan fingerprint density at radius 1 is 1.11 bits per heavy atom. The molecular weight excluding hydrogens is 497 g/mol. The van der Waals surface area contributed by atoms with Crippen LogP contribution in [0.1, 0.15) is 79.6 Å². The lowest BCUT2D eigenvalue weighted by Gasteiger charge is -2.60. The van der Waals surface area contributed by atoms with E-state index < -0.39 is 37.3 Å². The summed E-state index contributed by atoms with van der Waals surface area (Å²) in [6.45, 7) is 13.2. The summed E-state index contributed by atoms with van der Waals surface area (Å²) in [4.78, 5) is 45.0. The molecule has 212 valence electrons. The highest BCUT2D eigenvalue weighted by atomic mass is 31.2. The summed E-state index contributed by atoms with van der Waals surface area (Å²) < 4.78 is 15.4. The zero-order valence-electron chi connectivity index (χ0n) is 23.0. The smallest absolute Gasteiger partial charge is 0.393 e. The van der Waals surface area contributed by atoms with Crippen LogP contribution in [0.5, 0.6) is 0 Å². The maximum Gasteiger partial charge on any atom is 0.470 e. The molecule has 7 atom stereocenters. The number of Topliss-reactive ketones (excluding diaryl/α,β-unsaturated/α-hetero) is 1. The van der Waals surface area contributed by atoms with Gasteiger partial charge in [0, 0.05) is 11.8 Å². The first-order chi connectivity index (χ1) is 17.2. The summed E-state index contributed by atoms with van der Waals surface area (Å²) in [7, 11) is -4.83. The highest BCUT2D eigenvalue weighted by Crippen LogP contribution is 2.67. The monoisotopic (exact) mass is 543 g/mol. The number of phosphoric acid groups is 1. The zero-order chi connectivity index (χ0) is 27.8. The standard InChI is InChI=1S/C21H31O8P.C6H15N/c1-19-7-5-13(22)9-12(19)3-4-14-15-6-8-21(25,17(24)11-29-30(26,27)28)20(15,2)10-16(23)18(14)19;1-4-7(5-2)6-3/h9,14-16,18,23,25H,3-8,10-11H2,1-2H3,(H2,26,27,28);4-6H2,1-3H3/t14-,15-,16-,18+,19-,20-,21-;/m0./s1. The van der Waals surface area contributed by atoms with E-state index in [1.54, 1.807) is 6.08 Å². The van der Waals surface area contributed by atoms with Crippen molar-refractivity contribution in [3.8, 4) is 0 Å². The SMILES string of the molecule is CCN(CC)CC.C[C@]12CCC(=O)C=C1CC[C@@H]1[C@@H]2[C@@H](O)C[C@@]2(C)[C@H]1CC[C@]2(O)C(=O)COP(=O)(O)O. The molecular formula is C27H46NO8P. The number of hydrogen-bond acceptors (Lipinski definition) is 7. The van der Waals surface area contributed by atoms with Gasteiger partial charge in [-0.25, -0.2) is 4.57 Å². The molecule has 0 aromatic rings. The molecule has 10 heteroatoms. The first-order valence-electron chi connectivity index (χ1n) is 13.8. The van der Waals surface area contributed by atoms with Crippen molar-refractivity contribution in [3.05, 3.63) is 11.6 Å². The van der Waals surface area contributed by atoms with Crippen molar-refractivity contribution in [3.63, 3.8) is 0 Å². The van der Waals surface area contributed by atoms with E-state index >= 15 is 0 Å². The van der Waals surface area contributed by atoms with Crippen LogP contribution in [-0.4, -0.2) is 74.4 Å². The minimum absolute atomic E-state index is 0.00547. The van der Waals surface area contributed by atoms with Gasteiger partial charge in [-0.05, 0) is 87.4 Å². The fourth-order valence-electron chi connectivity index (χ4n) is 8.08. The fraction of sp³-hybridized carbons (Fsp3) is 0.852. The number of fused-ring (bicyclic) bond motifs is 5. The van der Waals surface area contributed by atoms with E-state index in [0.29, 0.717) is 19.3 Å². The predicted molar refractivity (Wildman–Crippen MR) is 140 cm³/mol. The molecule has 3 fully saturated rings. The number of phosphoric ester groups is 1. The van der Waals surface area contributed by atoms with Crippen LogP contribution in [0, 0.1) is 28.6 Å². The second-order valence-electron chi connectivity index (χ2n) is 11.8. The van der Waals surface area contributed by atoms with Crippen LogP contribution in [-0.2, 0) is 18.7 Å². The second-order valence-corrected chi connectivity index (χ2v) is 13.0. The van der Waals surface area contributed by atoms with Crippen LogP contribution < -0.4 is 0 Å². The second kappa shape index (κ2) is 11.3. The molecule has 4 aliphatic rings. The lowest BCUT2D eigenvalue weighted by atomic mass is 9.45. The zero-order valence-corrected chi connectivity index (χ0v) is 23.9. The number of aliphatic hydroxyl groups is 2. The van der Waals surface area contributed by atoms with Crippen LogP contribution >= 0.6 is 7.82 Å². The van der Waals surface area contributed by atoms with E-state index in [9.17, 15) is 24.4 Å². The lowest BCUT2D eigenvalue weighted by molar-refractivity contribution is -0.182. The number of ketones is 2. The van der Waals surface area contributed by atoms with Gasteiger partial charge in [-0.2, -0.15) is 0 Å². The minimum atomic E-state index is -4.83. The van der Waals surface area contributed by atoms with E-state index in [4.69, 9.17) is 9.79 Å². The molecule has 0 amide bonds. The normalized spacial score (nSPS) is 39.2. The Kier molecular flexibility index (Phi) is 9.33. The van der Waals surface area contributed by atoms with Gasteiger partial charge in [0.05, 0.1) is 6.10 Å². The van der Waals surface area contributed by atoms with Gasteiger partial charge in [0.15, 0.2) is 11.6 Å². The summed E-state index contributed by atoms with van der Waals surface area (Å²) in [5.74, 6) is -0.522. The summed E-state index contributed by atoms with van der Waals surface area (Å²) in [6.07, 6.45) is 4.79. The highest BCUT2D eigenvalue weighted by Gasteiger charge is 2.68. The third-order valence-electron chi connectivity index (χ3n) is 10.2. The van der Waals surface area contributed by atoms with Gasteiger partial charge in [-0.1, -0.05) is 40.2 Å². The van der Waals surface area contributed by atoms with Crippen molar-refractivity contribution in [2.75, 3.05) is 26.2 Å². The van der Waals surface area contributed by atoms with Crippen LogP contribution in [0.4, 0.5) is 0 Å². The number of carbonyl (C=O) groups excluding carboxylic acids is 2. The Balaban J connectivity index is 0.000000479. The maximum atomic E-state index is 12.8. The average Bonchev–Trinajstić information content (AvgIpc) is 3.10. The molecule has 0 unspecified atom stereocenters. The quantitative estimate of drug-likeness (QED) is 0.356. The predicted octanol–water partition coefficient (Wildman–Crippen LogP) is 3.25. The van der Waals surface area contributed by atoms with Gasteiger partial charge in [0.25, 0.3) is 0 Å². The fourth-order valence-corrected chi connectivity index (χ4v) is 8.37. The Hall–Kier alpha value is -0.930. The van der Waals surface area contributed by atoms with Crippen LogP contribution in [0.2, 0.25) is 0 Å². The van der Waals surface area contributed by atoms with Gasteiger partial charge in [0.2, 0.25) is 0 Å². The molecule has 0 bridgehead atoms. The van der Waals surface area contributed by atoms with Crippen LogP contribution in [0.25, 0.3) is 0 Å². The van der Waals surface area contributed by atoms with Crippen molar-refractivity contribution in [1.82, 2.24) is 4.90 Å². The highest BCUT2D eigenvalue weighted by molar-refractivity contribution is 7.46. The molecule has 4 aliphatic carbocycles. The van der Waals surface area contributed by atoms with E-state index in [0.717, 1.165) is 18.4 Å². The van der Waals surface area contributed by atoms with E-state index in [2.05, 4.69) is 37.1 Å². The Labute approximate surface area is 220 Å². The molecule has 37 heavy (non-hydrogen) atoms. The first kappa shape index (κ1) is 30.6. The summed E-state index contributed by atoms with van der Waals surface area (Å²) >= 11 is 0. The number of carbonyl (C=O) groups is 2. The van der Waals surface area contributed by atoms with Gasteiger partial charge >= 0.3 is 7.82 Å². The number of hydrogen-bond donors (Lipinski definition) is 4. The molecule has 0 aromatic heterocycles. The van der Waals surface area contributed by atoms with Crippen molar-refractivity contribution in [2.45, 2.75) is 91.3 Å². The summed E-state index contributed by atoms with van der Waals surface area (Å²) in [5, 5.41) is 22.7. The lowest BCUT2D eigenvalue weighted by Crippen LogP contribution is -2.62. The molecule has 0 aromatic carbocycles. The van der Waals surface area contributed by atoms with Crippen molar-refractivity contribution in [2.24, 2.45) is 28.6 Å². The van der Waals surface area contributed by atoms with Crippen LogP contribution in [0.15, 0.2) is 11.6 Å². The van der Waals surface area contributed by atoms with Crippen molar-refractivity contribution >= 4 is 19.4 Å². The van der Waals surface area contributed by atoms with Gasteiger partial charge in [-0.15, -0.1) is 0 Å². The molecule has 4 N–H and O–H groups in total. The Morgan fingerprint density at radius 2 is 1.73 bits per heavy atom. The number of nitrogens with zero attached hydrogens (tertiary/aromatic N) is 1. The molecule has 0 spiro atoms. The van der Waals surface area contributed by atoms with Crippen LogP contribution in [0.3, 0.4) is 0 Å². The number of aliphatic hydroxyl groups excluding tert-OH is 1. The Morgan fingerprint density at radius 3 is 2.27 bits per heavy atom. The average molecular weight is 544 g/mol. The third kappa shape index (κ3) is 5.69. The van der Waals surface area contributed by atoms with E-state index in [-0.39, 0.29) is 41.8 Å². The molecule has 3 saturated carbocycles. The van der Waals surface area contributed by atoms with Gasteiger partial charge in [-0.3, -0.25) is 14.1 Å². The number of rotatable bonds is 7. The largest absolute Gasteiger partial charge is 0.470 e. The number of allylic oxidation sites excluding steroid dienone is 1. The molecule has 0 aliphatic heterocycles. The maximum absolute atomic E-state index is 12.8. The van der Waals surface area contributed by atoms with E-state index in [1.807, 2.05) is 6.92 Å². The molecule has 0 radical (unpaired) electrons. The van der Waals surface area contributed by atoms with Gasteiger partial charge in [0.1, 0.15) is 12.2 Å². The van der Waals surface area contributed by atoms with Crippen molar-refractivity contribution in [1.29, 1.82) is 0 Å². The van der Waals surface area contributed by atoms with Crippen molar-refractivity contribution < 1.29 is 38.7 Å². The molecule has 4 rings (SSSR count). The van der Waals surface area contributed by atoms with Gasteiger partial charge < -0.3 is 24.9 Å². The third-order valence-corrected chi connectivity index (χ3v) is 10.7. The molecule has 0 heterocycles. The molecule has 9 nitrogen and oxygen atoms in total. The van der Waals surface area contributed by atoms with E-state index in [1.165, 1.54) is 19.6 Å². The molecule has 0 saturated heterocycles. The summed E-state index contributed by atoms with van der Waals surface area (Å²) in [6, 6.07) is 0. The first-order valence-corrected chi connectivity index (χ1v) is 15.3. The minimum Gasteiger partial charge on any atom is -0.393 e. The summed E-state index contributed by atoms with van der Waals surface area (Å²) in [5.41, 5.74) is -1.84. The topological polar surface area (TPSA) is 145 Å².